The zero-order chi connectivity index (χ0) is 13.1. The highest BCUT2D eigenvalue weighted by molar-refractivity contribution is 5.31. The van der Waals surface area contributed by atoms with Crippen LogP contribution in [0.4, 0.5) is 4.39 Å². The Hall–Kier alpha value is -1.79. The molecule has 2 heterocycles. The lowest BCUT2D eigenvalue weighted by molar-refractivity contribution is 0.595. The Labute approximate surface area is 105 Å². The summed E-state index contributed by atoms with van der Waals surface area (Å²) in [6.45, 7) is 2.02. The van der Waals surface area contributed by atoms with E-state index in [4.69, 9.17) is 5.84 Å². The van der Waals surface area contributed by atoms with Crippen molar-refractivity contribution in [2.45, 2.75) is 19.4 Å². The molecule has 0 fully saturated rings. The van der Waals surface area contributed by atoms with Gasteiger partial charge < -0.3 is 0 Å². The standard InChI is InChI=1S/C12H16FN5/c1-3-11-10(7-18(2)17-11)12(16-14)8-4-9(13)6-15-5-8/h4-7,12,16H,3,14H2,1-2H3. The van der Waals surface area contributed by atoms with Gasteiger partial charge in [-0.15, -0.1) is 0 Å². The summed E-state index contributed by atoms with van der Waals surface area (Å²) in [5.74, 6) is 5.20. The van der Waals surface area contributed by atoms with E-state index in [1.807, 2.05) is 20.2 Å². The second-order valence-electron chi connectivity index (χ2n) is 4.09. The number of aromatic nitrogens is 3. The van der Waals surface area contributed by atoms with E-state index in [1.165, 1.54) is 12.3 Å². The van der Waals surface area contributed by atoms with Crippen LogP contribution in [0.3, 0.4) is 0 Å². The van der Waals surface area contributed by atoms with E-state index >= 15 is 0 Å². The summed E-state index contributed by atoms with van der Waals surface area (Å²) in [5, 5.41) is 4.35. The van der Waals surface area contributed by atoms with Crippen LogP contribution in [-0.4, -0.2) is 14.8 Å². The summed E-state index contributed by atoms with van der Waals surface area (Å²) in [4.78, 5) is 3.84. The Morgan fingerprint density at radius 3 is 2.89 bits per heavy atom. The molecule has 18 heavy (non-hydrogen) atoms. The summed E-state index contributed by atoms with van der Waals surface area (Å²) in [6, 6.07) is 1.11. The molecule has 3 N–H and O–H groups in total. The maximum absolute atomic E-state index is 13.2. The predicted octanol–water partition coefficient (Wildman–Crippen LogP) is 1.07. The fourth-order valence-electron chi connectivity index (χ4n) is 2.02. The number of hydrazine groups is 1. The molecule has 0 aliphatic carbocycles. The van der Waals surface area contributed by atoms with Gasteiger partial charge in [0.25, 0.3) is 0 Å². The third kappa shape index (κ3) is 2.39. The van der Waals surface area contributed by atoms with Crippen molar-refractivity contribution in [2.75, 3.05) is 0 Å². The van der Waals surface area contributed by atoms with Gasteiger partial charge in [-0.3, -0.25) is 15.5 Å². The number of pyridine rings is 1. The molecule has 0 aliphatic heterocycles. The van der Waals surface area contributed by atoms with Crippen molar-refractivity contribution in [3.8, 4) is 0 Å². The molecule has 0 spiro atoms. The molecule has 0 aromatic carbocycles. The van der Waals surface area contributed by atoms with Crippen molar-refractivity contribution >= 4 is 0 Å². The molecule has 1 unspecified atom stereocenters. The molecule has 0 saturated heterocycles. The van der Waals surface area contributed by atoms with Gasteiger partial charge in [0.1, 0.15) is 5.82 Å². The van der Waals surface area contributed by atoms with Gasteiger partial charge in [-0.1, -0.05) is 6.92 Å². The van der Waals surface area contributed by atoms with Gasteiger partial charge in [0, 0.05) is 25.0 Å². The number of halogens is 1. The first-order valence-corrected chi connectivity index (χ1v) is 5.74. The number of nitrogens with two attached hydrogens (primary N) is 1. The number of hydrogen-bond donors (Lipinski definition) is 2. The maximum atomic E-state index is 13.2. The summed E-state index contributed by atoms with van der Waals surface area (Å²) >= 11 is 0. The van der Waals surface area contributed by atoms with E-state index < -0.39 is 0 Å². The summed E-state index contributed by atoms with van der Waals surface area (Å²) in [6.07, 6.45) is 5.44. The van der Waals surface area contributed by atoms with Gasteiger partial charge in [0.15, 0.2) is 0 Å². The minimum absolute atomic E-state index is 0.308. The number of nitrogens with one attached hydrogen (secondary N) is 1. The molecule has 0 aliphatic rings. The molecule has 0 amide bonds. The van der Waals surface area contributed by atoms with Crippen molar-refractivity contribution in [3.63, 3.8) is 0 Å². The van der Waals surface area contributed by atoms with Gasteiger partial charge in [-0.25, -0.2) is 9.82 Å². The van der Waals surface area contributed by atoms with Crippen LogP contribution in [0.1, 0.15) is 29.8 Å². The van der Waals surface area contributed by atoms with Crippen LogP contribution in [0.25, 0.3) is 0 Å². The van der Waals surface area contributed by atoms with Gasteiger partial charge in [0.05, 0.1) is 17.9 Å². The molecule has 0 radical (unpaired) electrons. The number of aryl methyl sites for hydroxylation is 2. The Morgan fingerprint density at radius 2 is 2.28 bits per heavy atom. The Balaban J connectivity index is 2.44. The zero-order valence-corrected chi connectivity index (χ0v) is 10.4. The smallest absolute Gasteiger partial charge is 0.141 e. The Kier molecular flexibility index (Phi) is 3.69. The molecule has 1 atom stereocenters. The topological polar surface area (TPSA) is 68.8 Å². The first-order chi connectivity index (χ1) is 8.65. The normalized spacial score (nSPS) is 12.7. The van der Waals surface area contributed by atoms with Crippen LogP contribution < -0.4 is 11.3 Å². The highest BCUT2D eigenvalue weighted by Gasteiger charge is 2.19. The molecular formula is C12H16FN5. The first-order valence-electron chi connectivity index (χ1n) is 5.74. The van der Waals surface area contributed by atoms with Crippen molar-refractivity contribution in [1.29, 1.82) is 0 Å². The van der Waals surface area contributed by atoms with Crippen LogP contribution in [0.15, 0.2) is 24.7 Å². The van der Waals surface area contributed by atoms with Crippen LogP contribution in [0, 0.1) is 5.82 Å². The van der Waals surface area contributed by atoms with Gasteiger partial charge in [-0.2, -0.15) is 5.10 Å². The third-order valence-corrected chi connectivity index (χ3v) is 2.81. The summed E-state index contributed by atoms with van der Waals surface area (Å²) < 4.78 is 14.9. The molecule has 5 nitrogen and oxygen atoms in total. The molecule has 2 aromatic heterocycles. The van der Waals surface area contributed by atoms with Crippen LogP contribution >= 0.6 is 0 Å². The molecule has 0 saturated carbocycles. The predicted molar refractivity (Wildman–Crippen MR) is 65.9 cm³/mol. The highest BCUT2D eigenvalue weighted by Crippen LogP contribution is 2.24. The number of hydrogen-bond acceptors (Lipinski definition) is 4. The van der Waals surface area contributed by atoms with Crippen molar-refractivity contribution in [3.05, 3.63) is 47.3 Å². The second kappa shape index (κ2) is 5.24. The van der Waals surface area contributed by atoms with E-state index in [1.54, 1.807) is 10.9 Å². The molecule has 2 aromatic rings. The van der Waals surface area contributed by atoms with Crippen molar-refractivity contribution < 1.29 is 4.39 Å². The largest absolute Gasteiger partial charge is 0.275 e. The van der Waals surface area contributed by atoms with E-state index in [-0.39, 0.29) is 11.9 Å². The lowest BCUT2D eigenvalue weighted by Gasteiger charge is -2.15. The molecule has 2 rings (SSSR count). The lowest BCUT2D eigenvalue weighted by Crippen LogP contribution is -2.29. The minimum Gasteiger partial charge on any atom is -0.275 e. The lowest BCUT2D eigenvalue weighted by atomic mass is 10.0. The second-order valence-corrected chi connectivity index (χ2v) is 4.09. The first kappa shape index (κ1) is 12.7. The minimum atomic E-state index is -0.380. The van der Waals surface area contributed by atoms with Crippen LogP contribution in [0.2, 0.25) is 0 Å². The van der Waals surface area contributed by atoms with Crippen molar-refractivity contribution in [1.82, 2.24) is 20.2 Å². The average Bonchev–Trinajstić information content (AvgIpc) is 2.71. The van der Waals surface area contributed by atoms with Crippen LogP contribution in [0.5, 0.6) is 0 Å². The number of rotatable bonds is 4. The van der Waals surface area contributed by atoms with E-state index in [2.05, 4.69) is 15.5 Å². The average molecular weight is 249 g/mol. The van der Waals surface area contributed by atoms with Crippen molar-refractivity contribution in [2.24, 2.45) is 12.9 Å². The maximum Gasteiger partial charge on any atom is 0.141 e. The highest BCUT2D eigenvalue weighted by atomic mass is 19.1. The SMILES string of the molecule is CCc1nn(C)cc1C(NN)c1cncc(F)c1. The van der Waals surface area contributed by atoms with E-state index in [0.717, 1.165) is 17.7 Å². The van der Waals surface area contributed by atoms with Gasteiger partial charge in [0.2, 0.25) is 0 Å². The molecule has 96 valence electrons. The van der Waals surface area contributed by atoms with Gasteiger partial charge in [-0.05, 0) is 18.1 Å². The third-order valence-electron chi connectivity index (χ3n) is 2.81. The zero-order valence-electron chi connectivity index (χ0n) is 10.4. The Bertz CT molecular complexity index is 537. The van der Waals surface area contributed by atoms with E-state index in [0.29, 0.717) is 5.56 Å². The summed E-state index contributed by atoms with van der Waals surface area (Å²) in [5.41, 5.74) is 5.25. The molecule has 6 heteroatoms. The van der Waals surface area contributed by atoms with Crippen LogP contribution in [-0.2, 0) is 13.5 Å². The fraction of sp³-hybridized carbons (Fsp3) is 0.333. The monoisotopic (exact) mass is 249 g/mol. The number of nitrogens with zero attached hydrogens (tertiary/aromatic N) is 3. The summed E-state index contributed by atoms with van der Waals surface area (Å²) in [7, 11) is 1.85. The fourth-order valence-corrected chi connectivity index (χ4v) is 2.02. The molecular weight excluding hydrogens is 233 g/mol. The van der Waals surface area contributed by atoms with E-state index in [9.17, 15) is 4.39 Å². The molecule has 0 bridgehead atoms. The van der Waals surface area contributed by atoms with Gasteiger partial charge >= 0.3 is 0 Å². The quantitative estimate of drug-likeness (QED) is 0.628. The Morgan fingerprint density at radius 1 is 1.50 bits per heavy atom.